The topological polar surface area (TPSA) is 81.2 Å². The van der Waals surface area contributed by atoms with Crippen molar-refractivity contribution in [3.05, 3.63) is 42.5 Å². The average Bonchev–Trinajstić information content (AvgIpc) is 2.39. The molecule has 0 aliphatic rings. The van der Waals surface area contributed by atoms with Gasteiger partial charge in [0, 0.05) is 6.07 Å². The molecule has 1 N–H and O–H groups in total. The van der Waals surface area contributed by atoms with E-state index in [0.717, 1.165) is 24.3 Å². The van der Waals surface area contributed by atoms with Crippen LogP contribution >= 0.6 is 0 Å². The number of nitrogens with zero attached hydrogens (tertiary/aromatic N) is 2. The molecule has 0 bridgehead atoms. The molecule has 0 fully saturated rings. The largest absolute Gasteiger partial charge is 0.481 e. The van der Waals surface area contributed by atoms with Gasteiger partial charge in [-0.15, -0.1) is 0 Å². The lowest BCUT2D eigenvalue weighted by atomic mass is 10.4. The number of aromatic nitrogens is 2. The number of benzene rings is 1. The van der Waals surface area contributed by atoms with Crippen molar-refractivity contribution in [2.45, 2.75) is 4.90 Å². The van der Waals surface area contributed by atoms with Gasteiger partial charge in [0.1, 0.15) is 18.0 Å². The second-order valence-corrected chi connectivity index (χ2v) is 5.19. The fourth-order valence-corrected chi connectivity index (χ4v) is 2.32. The highest BCUT2D eigenvalue weighted by atomic mass is 32.2. The van der Waals surface area contributed by atoms with Gasteiger partial charge in [-0.05, 0) is 24.3 Å². The van der Waals surface area contributed by atoms with Gasteiger partial charge in [-0.3, -0.25) is 4.72 Å². The first-order chi connectivity index (χ1) is 9.01. The first-order valence-corrected chi connectivity index (χ1v) is 6.64. The number of ether oxygens (including phenoxy) is 1. The Labute approximate surface area is 109 Å². The van der Waals surface area contributed by atoms with Crippen molar-refractivity contribution in [2.24, 2.45) is 0 Å². The molecule has 0 atom stereocenters. The third kappa shape index (κ3) is 3.16. The Morgan fingerprint density at radius 3 is 2.53 bits per heavy atom. The Morgan fingerprint density at radius 2 is 1.89 bits per heavy atom. The SMILES string of the molecule is COc1cc(NS(=O)(=O)c2ccc(F)cc2)ncn1. The molecule has 1 heterocycles. The summed E-state index contributed by atoms with van der Waals surface area (Å²) in [5.74, 6) is -0.217. The monoisotopic (exact) mass is 283 g/mol. The highest BCUT2D eigenvalue weighted by molar-refractivity contribution is 7.92. The van der Waals surface area contributed by atoms with E-state index in [1.54, 1.807) is 0 Å². The molecule has 8 heteroatoms. The van der Waals surface area contributed by atoms with Gasteiger partial charge in [0.05, 0.1) is 12.0 Å². The molecule has 1 aromatic carbocycles. The fourth-order valence-electron chi connectivity index (χ4n) is 1.32. The van der Waals surface area contributed by atoms with E-state index in [-0.39, 0.29) is 16.6 Å². The molecular weight excluding hydrogens is 273 g/mol. The van der Waals surface area contributed by atoms with Crippen LogP contribution in [0.3, 0.4) is 0 Å². The van der Waals surface area contributed by atoms with Gasteiger partial charge in [0.15, 0.2) is 0 Å². The molecule has 0 amide bonds. The molecule has 0 radical (unpaired) electrons. The summed E-state index contributed by atoms with van der Waals surface area (Å²) in [4.78, 5) is 7.45. The number of sulfonamides is 1. The second-order valence-electron chi connectivity index (χ2n) is 3.51. The predicted molar refractivity (Wildman–Crippen MR) is 65.8 cm³/mol. The first-order valence-electron chi connectivity index (χ1n) is 5.16. The van der Waals surface area contributed by atoms with Gasteiger partial charge in [-0.2, -0.15) is 0 Å². The highest BCUT2D eigenvalue weighted by Crippen LogP contribution is 2.16. The van der Waals surface area contributed by atoms with Gasteiger partial charge in [0.2, 0.25) is 5.88 Å². The van der Waals surface area contributed by atoms with Crippen LogP contribution in [-0.2, 0) is 10.0 Å². The van der Waals surface area contributed by atoms with E-state index in [2.05, 4.69) is 14.7 Å². The Bertz CT molecular complexity index is 674. The molecular formula is C11H10FN3O3S. The van der Waals surface area contributed by atoms with Crippen LogP contribution in [0.1, 0.15) is 0 Å². The van der Waals surface area contributed by atoms with Crippen LogP contribution in [0.4, 0.5) is 10.2 Å². The summed E-state index contributed by atoms with van der Waals surface area (Å²) in [6, 6.07) is 5.79. The standard InChI is InChI=1S/C11H10FN3O3S/c1-18-11-6-10(13-7-14-11)15-19(16,17)9-4-2-8(12)3-5-9/h2-7H,1H3,(H,13,14,15). The fraction of sp³-hybridized carbons (Fsp3) is 0.0909. The Morgan fingerprint density at radius 1 is 1.21 bits per heavy atom. The smallest absolute Gasteiger partial charge is 0.263 e. The quantitative estimate of drug-likeness (QED) is 0.918. The van der Waals surface area contributed by atoms with Gasteiger partial charge >= 0.3 is 0 Å². The minimum atomic E-state index is -3.82. The molecule has 0 saturated carbocycles. The summed E-state index contributed by atoms with van der Waals surface area (Å²) in [7, 11) is -2.41. The van der Waals surface area contributed by atoms with Crippen molar-refractivity contribution >= 4 is 15.8 Å². The van der Waals surface area contributed by atoms with Crippen LogP contribution in [0, 0.1) is 5.82 Å². The Balaban J connectivity index is 2.28. The molecule has 100 valence electrons. The summed E-state index contributed by atoms with van der Waals surface area (Å²) in [5.41, 5.74) is 0. The highest BCUT2D eigenvalue weighted by Gasteiger charge is 2.15. The maximum atomic E-state index is 12.7. The third-order valence-corrected chi connectivity index (χ3v) is 3.58. The minimum Gasteiger partial charge on any atom is -0.481 e. The van der Waals surface area contributed by atoms with Crippen LogP contribution in [0.2, 0.25) is 0 Å². The number of hydrogen-bond acceptors (Lipinski definition) is 5. The van der Waals surface area contributed by atoms with E-state index in [4.69, 9.17) is 4.74 Å². The molecule has 0 spiro atoms. The zero-order chi connectivity index (χ0) is 13.9. The minimum absolute atomic E-state index is 0.0634. The molecule has 6 nitrogen and oxygen atoms in total. The maximum Gasteiger partial charge on any atom is 0.263 e. The van der Waals surface area contributed by atoms with Crippen molar-refractivity contribution in [1.29, 1.82) is 0 Å². The van der Waals surface area contributed by atoms with Crippen LogP contribution in [0.5, 0.6) is 5.88 Å². The van der Waals surface area contributed by atoms with E-state index in [0.29, 0.717) is 0 Å². The normalized spacial score (nSPS) is 11.1. The van der Waals surface area contributed by atoms with E-state index in [9.17, 15) is 12.8 Å². The zero-order valence-corrected chi connectivity index (χ0v) is 10.7. The number of halogens is 1. The number of methoxy groups -OCH3 is 1. The lowest BCUT2D eigenvalue weighted by Crippen LogP contribution is -2.14. The predicted octanol–water partition coefficient (Wildman–Crippen LogP) is 1.43. The lowest BCUT2D eigenvalue weighted by molar-refractivity contribution is 0.397. The summed E-state index contributed by atoms with van der Waals surface area (Å²) in [6.45, 7) is 0. The van der Waals surface area contributed by atoms with E-state index in [1.807, 2.05) is 0 Å². The van der Waals surface area contributed by atoms with Crippen LogP contribution < -0.4 is 9.46 Å². The van der Waals surface area contributed by atoms with Gasteiger partial charge in [-0.1, -0.05) is 0 Å². The molecule has 0 aliphatic carbocycles. The zero-order valence-electron chi connectivity index (χ0n) is 9.87. The molecule has 0 unspecified atom stereocenters. The van der Waals surface area contributed by atoms with E-state index >= 15 is 0 Å². The summed E-state index contributed by atoms with van der Waals surface area (Å²) >= 11 is 0. The molecule has 0 aliphatic heterocycles. The molecule has 2 rings (SSSR count). The van der Waals surface area contributed by atoms with Crippen molar-refractivity contribution in [1.82, 2.24) is 9.97 Å². The van der Waals surface area contributed by atoms with Crippen molar-refractivity contribution in [3.63, 3.8) is 0 Å². The van der Waals surface area contributed by atoms with Crippen molar-refractivity contribution in [2.75, 3.05) is 11.8 Å². The maximum absolute atomic E-state index is 12.7. The van der Waals surface area contributed by atoms with Crippen molar-refractivity contribution in [3.8, 4) is 5.88 Å². The number of anilines is 1. The third-order valence-electron chi connectivity index (χ3n) is 2.21. The number of nitrogens with one attached hydrogen (secondary N) is 1. The molecule has 1 aromatic heterocycles. The molecule has 0 saturated heterocycles. The van der Waals surface area contributed by atoms with Gasteiger partial charge in [-0.25, -0.2) is 22.8 Å². The number of hydrogen-bond donors (Lipinski definition) is 1. The Hall–Kier alpha value is -2.22. The van der Waals surface area contributed by atoms with Crippen LogP contribution in [0.25, 0.3) is 0 Å². The van der Waals surface area contributed by atoms with Crippen molar-refractivity contribution < 1.29 is 17.5 Å². The summed E-state index contributed by atoms with van der Waals surface area (Å²) in [6.07, 6.45) is 1.17. The average molecular weight is 283 g/mol. The van der Waals surface area contributed by atoms with Crippen LogP contribution in [0.15, 0.2) is 41.6 Å². The molecule has 2 aromatic rings. The Kier molecular flexibility index (Phi) is 3.61. The van der Waals surface area contributed by atoms with Crippen LogP contribution in [-0.4, -0.2) is 25.5 Å². The first kappa shape index (κ1) is 13.2. The number of rotatable bonds is 4. The van der Waals surface area contributed by atoms with E-state index < -0.39 is 15.8 Å². The van der Waals surface area contributed by atoms with Gasteiger partial charge in [0.25, 0.3) is 10.0 Å². The summed E-state index contributed by atoms with van der Waals surface area (Å²) < 4.78 is 43.8. The second kappa shape index (κ2) is 5.19. The summed E-state index contributed by atoms with van der Waals surface area (Å²) in [5, 5.41) is 0. The molecule has 19 heavy (non-hydrogen) atoms. The van der Waals surface area contributed by atoms with E-state index in [1.165, 1.54) is 19.5 Å². The van der Waals surface area contributed by atoms with Gasteiger partial charge < -0.3 is 4.74 Å². The lowest BCUT2D eigenvalue weighted by Gasteiger charge is -2.07.